The fourth-order valence-corrected chi connectivity index (χ4v) is 1.92. The van der Waals surface area contributed by atoms with E-state index in [1.807, 2.05) is 18.2 Å². The van der Waals surface area contributed by atoms with Crippen LogP contribution >= 0.6 is 0 Å². The lowest BCUT2D eigenvalue weighted by Crippen LogP contribution is -2.01. The van der Waals surface area contributed by atoms with Crippen LogP contribution in [-0.4, -0.2) is 31.7 Å². The Morgan fingerprint density at radius 2 is 2.15 bits per heavy atom. The van der Waals surface area contributed by atoms with E-state index in [4.69, 9.17) is 14.0 Å². The molecule has 3 heterocycles. The monoisotopic (exact) mass is 271 g/mol. The fourth-order valence-electron chi connectivity index (χ4n) is 1.92. The minimum atomic E-state index is 0.236. The highest BCUT2D eigenvalue weighted by Gasteiger charge is 2.16. The van der Waals surface area contributed by atoms with E-state index in [0.29, 0.717) is 24.0 Å². The lowest BCUT2D eigenvalue weighted by atomic mass is 10.2. The van der Waals surface area contributed by atoms with Gasteiger partial charge in [-0.3, -0.25) is 0 Å². The summed E-state index contributed by atoms with van der Waals surface area (Å²) in [5, 5.41) is 7.90. The average molecular weight is 271 g/mol. The molecule has 0 aliphatic carbocycles. The molecule has 100 valence electrons. The highest BCUT2D eigenvalue weighted by atomic mass is 16.7. The van der Waals surface area contributed by atoms with Crippen LogP contribution in [0.1, 0.15) is 5.82 Å². The van der Waals surface area contributed by atoms with Crippen molar-refractivity contribution in [3.63, 3.8) is 0 Å². The maximum atomic E-state index is 5.32. The van der Waals surface area contributed by atoms with Gasteiger partial charge in [0.25, 0.3) is 5.89 Å². The molecule has 3 aromatic rings. The van der Waals surface area contributed by atoms with Gasteiger partial charge in [-0.05, 0) is 18.2 Å². The summed E-state index contributed by atoms with van der Waals surface area (Å²) in [5.41, 5.74) is 0.784. The second kappa shape index (κ2) is 4.34. The largest absolute Gasteiger partial charge is 0.454 e. The van der Waals surface area contributed by atoms with Crippen molar-refractivity contribution in [2.75, 3.05) is 6.79 Å². The van der Waals surface area contributed by atoms with Gasteiger partial charge in [-0.2, -0.15) is 10.1 Å². The minimum Gasteiger partial charge on any atom is -0.454 e. The molecular formula is C12H9N5O3. The highest BCUT2D eigenvalue weighted by molar-refractivity contribution is 5.60. The van der Waals surface area contributed by atoms with E-state index >= 15 is 0 Å². The van der Waals surface area contributed by atoms with Crippen LogP contribution in [-0.2, 0) is 6.54 Å². The van der Waals surface area contributed by atoms with Crippen LogP contribution in [0.4, 0.5) is 0 Å². The summed E-state index contributed by atoms with van der Waals surface area (Å²) in [7, 11) is 0. The number of rotatable bonds is 3. The molecule has 2 aromatic heterocycles. The Morgan fingerprint density at radius 1 is 1.20 bits per heavy atom. The van der Waals surface area contributed by atoms with E-state index in [1.54, 1.807) is 11.0 Å². The Bertz CT molecular complexity index is 737. The van der Waals surface area contributed by atoms with Crippen molar-refractivity contribution in [2.24, 2.45) is 0 Å². The molecule has 1 aromatic carbocycles. The summed E-state index contributed by atoms with van der Waals surface area (Å²) in [6.45, 7) is 0.647. The van der Waals surface area contributed by atoms with Gasteiger partial charge >= 0.3 is 0 Å². The Kier molecular flexibility index (Phi) is 2.38. The molecular weight excluding hydrogens is 262 g/mol. The van der Waals surface area contributed by atoms with E-state index in [9.17, 15) is 0 Å². The lowest BCUT2D eigenvalue weighted by Gasteiger charge is -1.97. The molecule has 4 rings (SSSR count). The van der Waals surface area contributed by atoms with Crippen LogP contribution in [0.25, 0.3) is 11.5 Å². The second-order valence-electron chi connectivity index (χ2n) is 4.18. The minimum absolute atomic E-state index is 0.236. The van der Waals surface area contributed by atoms with Gasteiger partial charge in [0.15, 0.2) is 17.3 Å². The zero-order valence-corrected chi connectivity index (χ0v) is 10.3. The molecule has 0 fully saturated rings. The summed E-state index contributed by atoms with van der Waals surface area (Å²) >= 11 is 0. The predicted octanol–water partition coefficient (Wildman–Crippen LogP) is 1.11. The van der Waals surface area contributed by atoms with E-state index in [-0.39, 0.29) is 6.79 Å². The van der Waals surface area contributed by atoms with Gasteiger partial charge in [0.1, 0.15) is 19.2 Å². The van der Waals surface area contributed by atoms with Gasteiger partial charge in [-0.15, -0.1) is 0 Å². The molecule has 0 atom stereocenters. The molecule has 0 unspecified atom stereocenters. The van der Waals surface area contributed by atoms with Crippen LogP contribution in [0.3, 0.4) is 0 Å². The highest BCUT2D eigenvalue weighted by Crippen LogP contribution is 2.35. The van der Waals surface area contributed by atoms with E-state index in [1.165, 1.54) is 6.33 Å². The first-order valence-electron chi connectivity index (χ1n) is 5.93. The molecule has 0 saturated carbocycles. The Hall–Kier alpha value is -2.90. The first kappa shape index (κ1) is 11.0. The van der Waals surface area contributed by atoms with Crippen molar-refractivity contribution in [1.29, 1.82) is 0 Å². The third kappa shape index (κ3) is 1.87. The van der Waals surface area contributed by atoms with E-state index < -0.39 is 0 Å². The van der Waals surface area contributed by atoms with Gasteiger partial charge in [-0.1, -0.05) is 5.16 Å². The summed E-state index contributed by atoms with van der Waals surface area (Å²) in [6, 6.07) is 5.48. The SMILES string of the molecule is c1ncn(Cc2noc(-c3ccc4c(c3)OCO4)n2)n1. The number of nitrogens with zero attached hydrogens (tertiary/aromatic N) is 5. The Morgan fingerprint density at radius 3 is 3.05 bits per heavy atom. The summed E-state index contributed by atoms with van der Waals surface area (Å²) in [4.78, 5) is 8.18. The third-order valence-corrected chi connectivity index (χ3v) is 2.86. The number of fused-ring (bicyclic) bond motifs is 1. The maximum absolute atomic E-state index is 5.32. The Balaban J connectivity index is 1.61. The van der Waals surface area contributed by atoms with Gasteiger partial charge in [-0.25, -0.2) is 9.67 Å². The van der Waals surface area contributed by atoms with Crippen LogP contribution in [0.15, 0.2) is 35.4 Å². The van der Waals surface area contributed by atoms with Crippen LogP contribution < -0.4 is 9.47 Å². The van der Waals surface area contributed by atoms with Crippen molar-refractivity contribution >= 4 is 0 Å². The fraction of sp³-hybridized carbons (Fsp3) is 0.167. The molecule has 20 heavy (non-hydrogen) atoms. The molecule has 1 aliphatic rings. The number of hydrogen-bond donors (Lipinski definition) is 0. The second-order valence-corrected chi connectivity index (χ2v) is 4.18. The van der Waals surface area contributed by atoms with Gasteiger partial charge < -0.3 is 14.0 Å². The molecule has 1 aliphatic heterocycles. The molecule has 0 N–H and O–H groups in total. The standard InChI is InChI=1S/C12H9N5O3/c1-2-9-10(19-7-18-9)3-8(1)12-15-11(16-20-12)4-17-6-13-5-14-17/h1-3,5-6H,4,7H2. The molecule has 0 radical (unpaired) electrons. The van der Waals surface area contributed by atoms with Crippen molar-refractivity contribution in [3.05, 3.63) is 36.7 Å². The zero-order chi connectivity index (χ0) is 13.4. The quantitative estimate of drug-likeness (QED) is 0.704. The normalized spacial score (nSPS) is 12.8. The molecule has 0 spiro atoms. The van der Waals surface area contributed by atoms with E-state index in [0.717, 1.165) is 11.3 Å². The lowest BCUT2D eigenvalue weighted by molar-refractivity contribution is 0.174. The number of benzene rings is 1. The van der Waals surface area contributed by atoms with Gasteiger partial charge in [0, 0.05) is 5.56 Å². The average Bonchev–Trinajstić information content (AvgIpc) is 3.19. The summed E-state index contributed by atoms with van der Waals surface area (Å²) in [5.74, 6) is 2.36. The topological polar surface area (TPSA) is 88.1 Å². The van der Waals surface area contributed by atoms with Crippen LogP contribution in [0.5, 0.6) is 11.5 Å². The van der Waals surface area contributed by atoms with Crippen molar-refractivity contribution < 1.29 is 14.0 Å². The molecule has 8 heteroatoms. The molecule has 8 nitrogen and oxygen atoms in total. The van der Waals surface area contributed by atoms with Crippen LogP contribution in [0.2, 0.25) is 0 Å². The zero-order valence-electron chi connectivity index (χ0n) is 10.3. The van der Waals surface area contributed by atoms with Crippen molar-refractivity contribution in [3.8, 4) is 23.0 Å². The van der Waals surface area contributed by atoms with Gasteiger partial charge in [0.2, 0.25) is 6.79 Å². The Labute approximate surface area is 113 Å². The van der Waals surface area contributed by atoms with E-state index in [2.05, 4.69) is 20.2 Å². The third-order valence-electron chi connectivity index (χ3n) is 2.86. The number of ether oxygens (including phenoxy) is 2. The van der Waals surface area contributed by atoms with Crippen molar-refractivity contribution in [1.82, 2.24) is 24.9 Å². The van der Waals surface area contributed by atoms with Crippen molar-refractivity contribution in [2.45, 2.75) is 6.54 Å². The molecule has 0 amide bonds. The summed E-state index contributed by atoms with van der Waals surface area (Å²) in [6.07, 6.45) is 3.05. The molecule has 0 saturated heterocycles. The number of hydrogen-bond acceptors (Lipinski definition) is 7. The molecule has 0 bridgehead atoms. The number of aromatic nitrogens is 5. The smallest absolute Gasteiger partial charge is 0.258 e. The predicted molar refractivity (Wildman–Crippen MR) is 65.0 cm³/mol. The first-order valence-corrected chi connectivity index (χ1v) is 5.93. The first-order chi connectivity index (χ1) is 9.88. The van der Waals surface area contributed by atoms with Crippen LogP contribution in [0, 0.1) is 0 Å². The maximum Gasteiger partial charge on any atom is 0.258 e. The summed E-state index contributed by atoms with van der Waals surface area (Å²) < 4.78 is 17.4. The van der Waals surface area contributed by atoms with Gasteiger partial charge in [0.05, 0.1) is 0 Å².